The molecule has 2 rings (SSSR count). The minimum Gasteiger partial charge on any atom is -0.482 e. The van der Waals surface area contributed by atoms with Gasteiger partial charge in [-0.25, -0.2) is 0 Å². The smallest absolute Gasteiger partial charge is 0.258 e. The van der Waals surface area contributed by atoms with Crippen molar-refractivity contribution in [2.75, 3.05) is 19.8 Å². The Morgan fingerprint density at radius 2 is 2.32 bits per heavy atom. The average Bonchev–Trinajstić information content (AvgIpc) is 2.91. The number of nitrogens with one attached hydrogen (secondary N) is 1. The van der Waals surface area contributed by atoms with Gasteiger partial charge in [0.2, 0.25) is 0 Å². The van der Waals surface area contributed by atoms with E-state index < -0.39 is 0 Å². The van der Waals surface area contributed by atoms with Crippen LogP contribution in [-0.2, 0) is 9.53 Å². The molecule has 1 aliphatic heterocycles. The van der Waals surface area contributed by atoms with Crippen LogP contribution in [0, 0.1) is 0 Å². The van der Waals surface area contributed by atoms with Crippen LogP contribution in [0.1, 0.15) is 12.8 Å². The van der Waals surface area contributed by atoms with Crippen molar-refractivity contribution in [2.24, 2.45) is 0 Å². The molecule has 0 spiro atoms. The van der Waals surface area contributed by atoms with E-state index in [2.05, 4.69) is 5.32 Å². The van der Waals surface area contributed by atoms with E-state index in [-0.39, 0.29) is 18.6 Å². The molecule has 1 aromatic rings. The van der Waals surface area contributed by atoms with E-state index in [1.807, 2.05) is 0 Å². The van der Waals surface area contributed by atoms with Crippen LogP contribution in [0.15, 0.2) is 18.2 Å². The number of amides is 1. The maximum absolute atomic E-state index is 11.6. The molecule has 0 bridgehead atoms. The standard InChI is InChI=1S/C13H15Cl2NO3/c14-10-4-1-5-11(13(10)15)19-8-12(17)16-7-9-3-2-6-18-9/h1,4-5,9H,2-3,6-8H2,(H,16,17)/t9-/m1/s1. The average molecular weight is 304 g/mol. The highest BCUT2D eigenvalue weighted by atomic mass is 35.5. The zero-order valence-corrected chi connectivity index (χ0v) is 11.8. The van der Waals surface area contributed by atoms with Gasteiger partial charge in [0.05, 0.1) is 11.1 Å². The Morgan fingerprint density at radius 3 is 3.05 bits per heavy atom. The van der Waals surface area contributed by atoms with Gasteiger partial charge in [0.15, 0.2) is 6.61 Å². The van der Waals surface area contributed by atoms with Crippen molar-refractivity contribution < 1.29 is 14.3 Å². The maximum Gasteiger partial charge on any atom is 0.258 e. The molecule has 4 nitrogen and oxygen atoms in total. The van der Waals surface area contributed by atoms with Crippen LogP contribution in [0.2, 0.25) is 10.0 Å². The Hall–Kier alpha value is -0.970. The first-order valence-electron chi connectivity index (χ1n) is 6.12. The number of ether oxygens (including phenoxy) is 2. The molecule has 1 saturated heterocycles. The maximum atomic E-state index is 11.6. The molecular formula is C13H15Cl2NO3. The predicted octanol–water partition coefficient (Wildman–Crippen LogP) is 2.67. The minimum atomic E-state index is -0.202. The first-order chi connectivity index (χ1) is 9.16. The van der Waals surface area contributed by atoms with Gasteiger partial charge in [0.1, 0.15) is 10.8 Å². The number of carbonyl (C=O) groups excluding carboxylic acids is 1. The summed E-state index contributed by atoms with van der Waals surface area (Å²) in [6, 6.07) is 5.05. The molecule has 1 N–H and O–H groups in total. The Morgan fingerprint density at radius 1 is 1.47 bits per heavy atom. The molecule has 6 heteroatoms. The predicted molar refractivity (Wildman–Crippen MR) is 73.9 cm³/mol. The molecule has 0 aromatic heterocycles. The largest absolute Gasteiger partial charge is 0.482 e. The fourth-order valence-corrected chi connectivity index (χ4v) is 2.17. The highest BCUT2D eigenvalue weighted by Crippen LogP contribution is 2.31. The summed E-state index contributed by atoms with van der Waals surface area (Å²) >= 11 is 11.8. The van der Waals surface area contributed by atoms with Gasteiger partial charge >= 0.3 is 0 Å². The van der Waals surface area contributed by atoms with Gasteiger partial charge in [-0.05, 0) is 25.0 Å². The number of halogens is 2. The molecule has 0 unspecified atom stereocenters. The lowest BCUT2D eigenvalue weighted by Gasteiger charge is -2.12. The van der Waals surface area contributed by atoms with Gasteiger partial charge in [-0.15, -0.1) is 0 Å². The van der Waals surface area contributed by atoms with Gasteiger partial charge in [0, 0.05) is 13.2 Å². The molecule has 1 fully saturated rings. The fraction of sp³-hybridized carbons (Fsp3) is 0.462. The van der Waals surface area contributed by atoms with Crippen molar-refractivity contribution in [2.45, 2.75) is 18.9 Å². The summed E-state index contributed by atoms with van der Waals surface area (Å²) in [6.45, 7) is 1.20. The quantitative estimate of drug-likeness (QED) is 0.910. The second kappa shape index (κ2) is 6.98. The normalized spacial score (nSPS) is 18.3. The summed E-state index contributed by atoms with van der Waals surface area (Å²) in [5, 5.41) is 3.48. The number of carbonyl (C=O) groups is 1. The Balaban J connectivity index is 1.75. The Labute approximate surface area is 122 Å². The van der Waals surface area contributed by atoms with Crippen molar-refractivity contribution in [3.05, 3.63) is 28.2 Å². The Kier molecular flexibility index (Phi) is 5.31. The topological polar surface area (TPSA) is 47.6 Å². The summed E-state index contributed by atoms with van der Waals surface area (Å²) < 4.78 is 10.7. The SMILES string of the molecule is O=C(COc1cccc(Cl)c1Cl)NC[C@H]1CCCO1. The molecule has 19 heavy (non-hydrogen) atoms. The van der Waals surface area contributed by atoms with E-state index in [1.165, 1.54) is 0 Å². The highest BCUT2D eigenvalue weighted by Gasteiger charge is 2.16. The van der Waals surface area contributed by atoms with Crippen molar-refractivity contribution in [3.63, 3.8) is 0 Å². The van der Waals surface area contributed by atoms with Crippen LogP contribution in [0.3, 0.4) is 0 Å². The number of hydrogen-bond acceptors (Lipinski definition) is 3. The van der Waals surface area contributed by atoms with Crippen LogP contribution in [0.4, 0.5) is 0 Å². The minimum absolute atomic E-state index is 0.0905. The number of rotatable bonds is 5. The van der Waals surface area contributed by atoms with Gasteiger partial charge < -0.3 is 14.8 Å². The lowest BCUT2D eigenvalue weighted by Crippen LogP contribution is -2.35. The monoisotopic (exact) mass is 303 g/mol. The van der Waals surface area contributed by atoms with E-state index in [0.29, 0.717) is 22.3 Å². The molecule has 1 heterocycles. The van der Waals surface area contributed by atoms with Gasteiger partial charge in [-0.3, -0.25) is 4.79 Å². The van der Waals surface area contributed by atoms with Crippen LogP contribution in [0.25, 0.3) is 0 Å². The van der Waals surface area contributed by atoms with E-state index in [9.17, 15) is 4.79 Å². The zero-order chi connectivity index (χ0) is 13.7. The fourth-order valence-electron chi connectivity index (χ4n) is 1.82. The molecule has 1 amide bonds. The molecule has 1 aromatic carbocycles. The number of hydrogen-bond donors (Lipinski definition) is 1. The molecule has 1 atom stereocenters. The number of benzene rings is 1. The molecule has 0 radical (unpaired) electrons. The third-order valence-electron chi connectivity index (χ3n) is 2.83. The summed E-state index contributed by atoms with van der Waals surface area (Å²) in [6.07, 6.45) is 2.16. The third-order valence-corrected chi connectivity index (χ3v) is 3.63. The van der Waals surface area contributed by atoms with E-state index in [1.54, 1.807) is 18.2 Å². The van der Waals surface area contributed by atoms with Crippen molar-refractivity contribution in [1.82, 2.24) is 5.32 Å². The van der Waals surface area contributed by atoms with Crippen molar-refractivity contribution in [3.8, 4) is 5.75 Å². The van der Waals surface area contributed by atoms with Gasteiger partial charge in [-0.2, -0.15) is 0 Å². The van der Waals surface area contributed by atoms with Crippen LogP contribution in [0.5, 0.6) is 5.75 Å². The Bertz CT molecular complexity index is 448. The second-order valence-electron chi connectivity index (χ2n) is 4.28. The molecule has 0 aliphatic carbocycles. The second-order valence-corrected chi connectivity index (χ2v) is 5.06. The van der Waals surface area contributed by atoms with E-state index >= 15 is 0 Å². The van der Waals surface area contributed by atoms with E-state index in [0.717, 1.165) is 19.4 Å². The van der Waals surface area contributed by atoms with Gasteiger partial charge in [-0.1, -0.05) is 29.3 Å². The first-order valence-corrected chi connectivity index (χ1v) is 6.87. The van der Waals surface area contributed by atoms with Crippen LogP contribution in [-0.4, -0.2) is 31.8 Å². The molecule has 104 valence electrons. The third kappa shape index (κ3) is 4.27. The van der Waals surface area contributed by atoms with Gasteiger partial charge in [0.25, 0.3) is 5.91 Å². The van der Waals surface area contributed by atoms with Crippen LogP contribution >= 0.6 is 23.2 Å². The molecule has 1 aliphatic rings. The van der Waals surface area contributed by atoms with E-state index in [4.69, 9.17) is 32.7 Å². The van der Waals surface area contributed by atoms with Crippen molar-refractivity contribution >= 4 is 29.1 Å². The molecular weight excluding hydrogens is 289 g/mol. The summed E-state index contributed by atoms with van der Waals surface area (Å²) in [4.78, 5) is 11.6. The van der Waals surface area contributed by atoms with Crippen LogP contribution < -0.4 is 10.1 Å². The summed E-state index contributed by atoms with van der Waals surface area (Å²) in [5.41, 5.74) is 0. The summed E-state index contributed by atoms with van der Waals surface area (Å²) in [7, 11) is 0. The lowest BCUT2D eigenvalue weighted by atomic mass is 10.2. The summed E-state index contributed by atoms with van der Waals surface area (Å²) in [5.74, 6) is 0.202. The van der Waals surface area contributed by atoms with Crippen molar-refractivity contribution in [1.29, 1.82) is 0 Å². The molecule has 0 saturated carbocycles. The lowest BCUT2D eigenvalue weighted by molar-refractivity contribution is -0.123. The zero-order valence-electron chi connectivity index (χ0n) is 10.3. The first kappa shape index (κ1) is 14.4. The highest BCUT2D eigenvalue weighted by molar-refractivity contribution is 6.42.